The first-order valence-electron chi connectivity index (χ1n) is 23.4. The molecule has 8 bridgehead atoms. The van der Waals surface area contributed by atoms with Gasteiger partial charge < -0.3 is 9.80 Å². The Morgan fingerprint density at radius 3 is 1.04 bits per heavy atom. The van der Waals surface area contributed by atoms with Gasteiger partial charge in [0.05, 0.1) is 45.6 Å². The van der Waals surface area contributed by atoms with Crippen LogP contribution < -0.4 is 0 Å². The standard InChI is InChI=1S/C61H50N6/c1-2-37-66-39-33-44(34-40-66)45-35-41-67(42-36-45)38-13-12-14-43-21-23-49(24-22-43)61-56-31-29-54(64-56)59(47-17-8-4-9-18-47)52-27-25-50(62-52)58(46-15-6-3-7-16-46)51-26-28-53(63-51)60(48-19-10-5-11-20-48)55-30-32-57(61)65-55/h3-11,15-36,39-42H,2,12-14,37-38H2,1H3. The second kappa shape index (κ2) is 18.7. The van der Waals surface area contributed by atoms with E-state index in [0.717, 1.165) is 129 Å². The first kappa shape index (κ1) is 41.5. The number of aliphatic imine (C=N–C) groups is 4. The lowest BCUT2D eigenvalue weighted by Gasteiger charge is -2.21. The zero-order valence-electron chi connectivity index (χ0n) is 37.6. The minimum atomic E-state index is 0.858. The van der Waals surface area contributed by atoms with Crippen LogP contribution in [0.2, 0.25) is 0 Å². The van der Waals surface area contributed by atoms with Gasteiger partial charge in [-0.2, -0.15) is 0 Å². The number of nitrogens with zero attached hydrogens (tertiary/aromatic N) is 6. The lowest BCUT2D eigenvalue weighted by Crippen LogP contribution is -2.15. The maximum Gasteiger partial charge on any atom is 0.0738 e. The molecule has 11 rings (SSSR count). The highest BCUT2D eigenvalue weighted by atomic mass is 15.1. The summed E-state index contributed by atoms with van der Waals surface area (Å²) >= 11 is 0. The van der Waals surface area contributed by atoms with E-state index >= 15 is 0 Å². The zero-order valence-corrected chi connectivity index (χ0v) is 37.6. The van der Waals surface area contributed by atoms with E-state index in [0.29, 0.717) is 0 Å². The number of fused-ring (bicyclic) bond motifs is 4. The molecule has 0 fully saturated rings. The number of hydrogen-bond acceptors (Lipinski definition) is 6. The van der Waals surface area contributed by atoms with Gasteiger partial charge in [-0.1, -0.05) is 122 Å². The quantitative estimate of drug-likeness (QED) is 0.141. The average molecular weight is 867 g/mol. The molecule has 7 aliphatic heterocycles. The minimum absolute atomic E-state index is 0.858. The van der Waals surface area contributed by atoms with Gasteiger partial charge in [-0.15, -0.1) is 0 Å². The predicted octanol–water partition coefficient (Wildman–Crippen LogP) is 13.4. The Bertz CT molecular complexity index is 3110. The van der Waals surface area contributed by atoms with E-state index in [1.54, 1.807) is 0 Å². The minimum Gasteiger partial charge on any atom is -0.354 e. The molecule has 0 aliphatic carbocycles. The lowest BCUT2D eigenvalue weighted by atomic mass is 9.96. The van der Waals surface area contributed by atoms with Crippen molar-refractivity contribution in [1.29, 1.82) is 0 Å². The Morgan fingerprint density at radius 1 is 0.343 bits per heavy atom. The molecule has 7 aliphatic rings. The fourth-order valence-corrected chi connectivity index (χ4v) is 9.40. The van der Waals surface area contributed by atoms with E-state index in [4.69, 9.17) is 20.0 Å². The molecular weight excluding hydrogens is 817 g/mol. The van der Waals surface area contributed by atoms with Crippen molar-refractivity contribution in [3.63, 3.8) is 0 Å². The van der Waals surface area contributed by atoms with Crippen LogP contribution in [0.1, 0.15) is 54.0 Å². The summed E-state index contributed by atoms with van der Waals surface area (Å²) in [4.78, 5) is 26.2. The van der Waals surface area contributed by atoms with Gasteiger partial charge in [-0.25, -0.2) is 20.0 Å². The monoisotopic (exact) mass is 866 g/mol. The maximum atomic E-state index is 5.45. The van der Waals surface area contributed by atoms with Crippen LogP contribution in [-0.2, 0) is 6.42 Å². The zero-order chi connectivity index (χ0) is 44.9. The normalized spacial score (nSPS) is 18.1. The van der Waals surface area contributed by atoms with Crippen LogP contribution >= 0.6 is 0 Å². The van der Waals surface area contributed by atoms with Crippen molar-refractivity contribution in [3.8, 4) is 0 Å². The molecule has 7 heterocycles. The summed E-state index contributed by atoms with van der Waals surface area (Å²) in [6.45, 7) is 4.24. The Morgan fingerprint density at radius 2 is 0.687 bits per heavy atom. The fraction of sp³-hybridized carbons (Fsp3) is 0.115. The highest BCUT2D eigenvalue weighted by Gasteiger charge is 2.27. The number of allylic oxidation sites excluding steroid dienone is 18. The van der Waals surface area contributed by atoms with Gasteiger partial charge in [0.1, 0.15) is 0 Å². The molecule has 0 atom stereocenters. The molecule has 0 saturated heterocycles. The summed E-state index contributed by atoms with van der Waals surface area (Å²) in [5, 5.41) is 0. The molecule has 0 saturated carbocycles. The van der Waals surface area contributed by atoms with E-state index in [2.05, 4.69) is 211 Å². The van der Waals surface area contributed by atoms with Gasteiger partial charge in [0, 0.05) is 60.2 Å². The van der Waals surface area contributed by atoms with Crippen molar-refractivity contribution >= 4 is 45.1 Å². The molecular formula is C61H50N6. The van der Waals surface area contributed by atoms with Crippen molar-refractivity contribution in [2.45, 2.75) is 32.6 Å². The molecule has 4 aromatic rings. The van der Waals surface area contributed by atoms with Crippen LogP contribution in [0.3, 0.4) is 0 Å². The largest absolute Gasteiger partial charge is 0.354 e. The number of unbranched alkanes of at least 4 members (excludes halogenated alkanes) is 1. The SMILES string of the molecule is CCCN1C=CC(=C2C=CN(CCCCc3ccc(C4=C5C=CC(=N5)C(c5ccccc5)=C5C=CC(=N5)C(c5ccccc5)=C5C=CC(=N5)C(c5ccccc5)=C5C=CC4=N5)cc3)C=C2)C=C1. The summed E-state index contributed by atoms with van der Waals surface area (Å²) < 4.78 is 0. The maximum absolute atomic E-state index is 5.45. The molecule has 67 heavy (non-hydrogen) atoms. The van der Waals surface area contributed by atoms with Crippen LogP contribution in [-0.4, -0.2) is 45.7 Å². The number of hydrogen-bond donors (Lipinski definition) is 0. The summed E-state index contributed by atoms with van der Waals surface area (Å²) in [5.74, 6) is 0. The lowest BCUT2D eigenvalue weighted by molar-refractivity contribution is 0.475. The van der Waals surface area contributed by atoms with Gasteiger partial charge in [0.25, 0.3) is 0 Å². The Balaban J connectivity index is 0.928. The van der Waals surface area contributed by atoms with Gasteiger partial charge in [0.2, 0.25) is 0 Å². The molecule has 0 unspecified atom stereocenters. The summed E-state index contributed by atoms with van der Waals surface area (Å²) in [7, 11) is 0. The topological polar surface area (TPSA) is 55.9 Å². The molecule has 0 radical (unpaired) electrons. The van der Waals surface area contributed by atoms with Crippen molar-refractivity contribution in [3.05, 3.63) is 275 Å². The first-order valence-corrected chi connectivity index (χ1v) is 23.4. The number of rotatable bonds is 11. The summed E-state index contributed by atoms with van der Waals surface area (Å²) in [6.07, 6.45) is 39.0. The van der Waals surface area contributed by atoms with Crippen molar-refractivity contribution in [2.24, 2.45) is 20.0 Å². The molecule has 0 N–H and O–H groups in total. The Kier molecular flexibility index (Phi) is 11.6. The van der Waals surface area contributed by atoms with Crippen LogP contribution in [0, 0.1) is 0 Å². The molecule has 324 valence electrons. The van der Waals surface area contributed by atoms with E-state index in [-0.39, 0.29) is 0 Å². The van der Waals surface area contributed by atoms with Crippen molar-refractivity contribution < 1.29 is 0 Å². The number of aryl methyl sites for hydroxylation is 1. The second-order valence-corrected chi connectivity index (χ2v) is 17.3. The predicted molar refractivity (Wildman–Crippen MR) is 280 cm³/mol. The van der Waals surface area contributed by atoms with Crippen LogP contribution in [0.15, 0.2) is 267 Å². The van der Waals surface area contributed by atoms with Gasteiger partial charge in [-0.05, 0) is 138 Å². The molecule has 0 spiro atoms. The van der Waals surface area contributed by atoms with E-state index in [1.165, 1.54) is 16.7 Å². The molecule has 0 aromatic heterocycles. The molecule has 6 heteroatoms. The van der Waals surface area contributed by atoms with Crippen molar-refractivity contribution in [2.75, 3.05) is 13.1 Å². The van der Waals surface area contributed by atoms with Gasteiger partial charge in [0.15, 0.2) is 0 Å². The van der Waals surface area contributed by atoms with Gasteiger partial charge >= 0.3 is 0 Å². The van der Waals surface area contributed by atoms with Crippen LogP contribution in [0.25, 0.3) is 22.3 Å². The molecule has 6 nitrogen and oxygen atoms in total. The Hall–Kier alpha value is -8.22. The third-order valence-corrected chi connectivity index (χ3v) is 12.8. The second-order valence-electron chi connectivity index (χ2n) is 17.3. The van der Waals surface area contributed by atoms with E-state index in [9.17, 15) is 0 Å². The highest BCUT2D eigenvalue weighted by molar-refractivity contribution is 6.39. The highest BCUT2D eigenvalue weighted by Crippen LogP contribution is 2.38. The van der Waals surface area contributed by atoms with E-state index in [1.807, 2.05) is 18.2 Å². The first-order chi connectivity index (χ1) is 33.1. The van der Waals surface area contributed by atoms with Crippen LogP contribution in [0.4, 0.5) is 0 Å². The molecule has 4 aromatic carbocycles. The van der Waals surface area contributed by atoms with E-state index < -0.39 is 0 Å². The summed E-state index contributed by atoms with van der Waals surface area (Å²) in [5.41, 5.74) is 18.8. The Labute approximate surface area is 393 Å². The average Bonchev–Trinajstić information content (AvgIpc) is 4.24. The third-order valence-electron chi connectivity index (χ3n) is 12.8. The van der Waals surface area contributed by atoms with Gasteiger partial charge in [-0.3, -0.25) is 0 Å². The third kappa shape index (κ3) is 8.70. The van der Waals surface area contributed by atoms with Crippen LogP contribution in [0.5, 0.6) is 0 Å². The molecule has 0 amide bonds. The smallest absolute Gasteiger partial charge is 0.0738 e. The fourth-order valence-electron chi connectivity index (χ4n) is 9.40. The summed E-state index contributed by atoms with van der Waals surface area (Å²) in [6, 6.07) is 40.4. The van der Waals surface area contributed by atoms with Crippen molar-refractivity contribution in [1.82, 2.24) is 9.80 Å². The number of benzene rings is 4.